The van der Waals surface area contributed by atoms with Crippen LogP contribution < -0.4 is 5.43 Å². The maximum Gasteiger partial charge on any atom is 0.238 e. The molecular weight excluding hydrogens is 300 g/mol. The van der Waals surface area contributed by atoms with Crippen LogP contribution in [0.3, 0.4) is 0 Å². The van der Waals surface area contributed by atoms with Crippen LogP contribution in [0.4, 0.5) is 0 Å². The van der Waals surface area contributed by atoms with E-state index in [4.69, 9.17) is 4.74 Å². The maximum atomic E-state index is 12.5. The van der Waals surface area contributed by atoms with Gasteiger partial charge in [0.2, 0.25) is 5.91 Å². The number of hydrazine groups is 1. The lowest BCUT2D eigenvalue weighted by molar-refractivity contribution is -0.131. The van der Waals surface area contributed by atoms with Gasteiger partial charge in [0.25, 0.3) is 0 Å². The molecule has 0 radical (unpaired) electrons. The van der Waals surface area contributed by atoms with Crippen molar-refractivity contribution < 1.29 is 14.3 Å². The van der Waals surface area contributed by atoms with E-state index in [1.54, 1.807) is 0 Å². The fourth-order valence-electron chi connectivity index (χ4n) is 2.27. The summed E-state index contributed by atoms with van der Waals surface area (Å²) < 4.78 is 5.27. The number of carbonyl (C=O) groups excluding carboxylic acids is 2. The number of nitrogens with one attached hydrogen (secondary N) is 1. The van der Waals surface area contributed by atoms with Gasteiger partial charge in [-0.05, 0) is 12.0 Å². The minimum atomic E-state index is -0.223. The molecule has 1 aromatic rings. The van der Waals surface area contributed by atoms with Gasteiger partial charge >= 0.3 is 0 Å². The molecule has 1 N–H and O–H groups in total. The van der Waals surface area contributed by atoms with Crippen LogP contribution >= 0.6 is 11.8 Å². The molecule has 5 nitrogen and oxygen atoms in total. The van der Waals surface area contributed by atoms with Crippen LogP contribution in [0.2, 0.25) is 0 Å². The van der Waals surface area contributed by atoms with Gasteiger partial charge in [-0.3, -0.25) is 15.0 Å². The zero-order valence-corrected chi connectivity index (χ0v) is 13.6. The second-order valence-electron chi connectivity index (χ2n) is 5.26. The summed E-state index contributed by atoms with van der Waals surface area (Å²) in [5.74, 6) is 0.249. The second kappa shape index (κ2) is 8.92. The van der Waals surface area contributed by atoms with Gasteiger partial charge in [0.15, 0.2) is 5.12 Å². The topological polar surface area (TPSA) is 58.6 Å². The van der Waals surface area contributed by atoms with Crippen molar-refractivity contribution >= 4 is 22.8 Å². The van der Waals surface area contributed by atoms with Crippen molar-refractivity contribution in [2.24, 2.45) is 5.92 Å². The van der Waals surface area contributed by atoms with Crippen LogP contribution in [-0.4, -0.2) is 48.1 Å². The van der Waals surface area contributed by atoms with Crippen molar-refractivity contribution in [3.8, 4) is 0 Å². The van der Waals surface area contributed by atoms with E-state index < -0.39 is 0 Å². The summed E-state index contributed by atoms with van der Waals surface area (Å²) in [6.45, 7) is 4.19. The quantitative estimate of drug-likeness (QED) is 0.860. The Morgan fingerprint density at radius 1 is 1.27 bits per heavy atom. The van der Waals surface area contributed by atoms with E-state index in [0.717, 1.165) is 5.56 Å². The van der Waals surface area contributed by atoms with E-state index in [1.165, 1.54) is 18.7 Å². The molecule has 0 bridgehead atoms. The van der Waals surface area contributed by atoms with Crippen molar-refractivity contribution in [1.82, 2.24) is 10.4 Å². The number of thioether (sulfide) groups is 1. The van der Waals surface area contributed by atoms with Crippen molar-refractivity contribution in [1.29, 1.82) is 0 Å². The number of rotatable bonds is 6. The average molecular weight is 322 g/mol. The van der Waals surface area contributed by atoms with Gasteiger partial charge in [0.1, 0.15) is 0 Å². The molecule has 6 heteroatoms. The SMILES string of the molecule is CC(=O)SCC(Cc1ccccc1)C(=O)NN1CCOCC1. The van der Waals surface area contributed by atoms with Crippen LogP contribution in [-0.2, 0) is 20.7 Å². The molecule has 0 aliphatic carbocycles. The number of hydrogen-bond donors (Lipinski definition) is 1. The van der Waals surface area contributed by atoms with Crippen LogP contribution in [0.1, 0.15) is 12.5 Å². The van der Waals surface area contributed by atoms with Crippen molar-refractivity contribution in [2.75, 3.05) is 32.1 Å². The Morgan fingerprint density at radius 2 is 1.95 bits per heavy atom. The Labute approximate surface area is 135 Å². The lowest BCUT2D eigenvalue weighted by Gasteiger charge is -2.28. The van der Waals surface area contributed by atoms with Gasteiger partial charge in [-0.15, -0.1) is 0 Å². The number of carbonyl (C=O) groups is 2. The maximum absolute atomic E-state index is 12.5. The van der Waals surface area contributed by atoms with Crippen LogP contribution in [0, 0.1) is 5.92 Å². The number of morpholine rings is 1. The van der Waals surface area contributed by atoms with Gasteiger partial charge in [0.05, 0.1) is 19.1 Å². The molecule has 0 aromatic heterocycles. The molecule has 0 spiro atoms. The van der Waals surface area contributed by atoms with E-state index in [9.17, 15) is 9.59 Å². The molecule has 2 rings (SSSR count). The predicted molar refractivity (Wildman–Crippen MR) is 87.3 cm³/mol. The van der Waals surface area contributed by atoms with Crippen molar-refractivity contribution in [2.45, 2.75) is 13.3 Å². The molecule has 1 unspecified atom stereocenters. The average Bonchev–Trinajstić information content (AvgIpc) is 2.53. The third-order valence-corrected chi connectivity index (χ3v) is 4.44. The number of benzene rings is 1. The summed E-state index contributed by atoms with van der Waals surface area (Å²) in [4.78, 5) is 23.7. The highest BCUT2D eigenvalue weighted by Gasteiger charge is 2.22. The second-order valence-corrected chi connectivity index (χ2v) is 6.46. The number of nitrogens with zero attached hydrogens (tertiary/aromatic N) is 1. The Bertz CT molecular complexity index is 489. The molecule has 1 atom stereocenters. The number of amides is 1. The van der Waals surface area contributed by atoms with Crippen LogP contribution in [0.5, 0.6) is 0 Å². The monoisotopic (exact) mass is 322 g/mol. The van der Waals surface area contributed by atoms with Gasteiger partial charge in [0, 0.05) is 25.8 Å². The van der Waals surface area contributed by atoms with Gasteiger partial charge in [-0.25, -0.2) is 5.01 Å². The van der Waals surface area contributed by atoms with Crippen LogP contribution in [0.25, 0.3) is 0 Å². The Morgan fingerprint density at radius 3 is 2.59 bits per heavy atom. The number of hydrogen-bond acceptors (Lipinski definition) is 5. The normalized spacial score (nSPS) is 17.0. The smallest absolute Gasteiger partial charge is 0.238 e. The van der Waals surface area contributed by atoms with E-state index in [-0.39, 0.29) is 16.9 Å². The lowest BCUT2D eigenvalue weighted by atomic mass is 10.0. The Kier molecular flexibility index (Phi) is 6.89. The highest BCUT2D eigenvalue weighted by Crippen LogP contribution is 2.16. The van der Waals surface area contributed by atoms with Gasteiger partial charge < -0.3 is 4.74 Å². The zero-order valence-electron chi connectivity index (χ0n) is 12.8. The summed E-state index contributed by atoms with van der Waals surface area (Å²) in [6.07, 6.45) is 0.636. The molecule has 1 aromatic carbocycles. The largest absolute Gasteiger partial charge is 0.379 e. The summed E-state index contributed by atoms with van der Waals surface area (Å²) >= 11 is 1.21. The zero-order chi connectivity index (χ0) is 15.8. The van der Waals surface area contributed by atoms with Gasteiger partial charge in [-0.2, -0.15) is 0 Å². The molecule has 1 amide bonds. The van der Waals surface area contributed by atoms with E-state index >= 15 is 0 Å². The first-order valence-electron chi connectivity index (χ1n) is 7.45. The molecule has 1 aliphatic heterocycles. The first-order valence-corrected chi connectivity index (χ1v) is 8.44. The summed E-state index contributed by atoms with van der Waals surface area (Å²) in [7, 11) is 0. The Hall–Kier alpha value is -1.37. The van der Waals surface area contributed by atoms with Crippen molar-refractivity contribution in [3.63, 3.8) is 0 Å². The standard InChI is InChI=1S/C16H22N2O3S/c1-13(19)22-12-15(11-14-5-3-2-4-6-14)16(20)17-18-7-9-21-10-8-18/h2-6,15H,7-12H2,1H3,(H,17,20). The van der Waals surface area contributed by atoms with E-state index in [2.05, 4.69) is 5.43 Å². The molecule has 1 fully saturated rings. The fourth-order valence-corrected chi connectivity index (χ4v) is 2.97. The lowest BCUT2D eigenvalue weighted by Crippen LogP contribution is -2.50. The molecule has 1 aliphatic rings. The highest BCUT2D eigenvalue weighted by atomic mass is 32.2. The molecule has 1 heterocycles. The first-order chi connectivity index (χ1) is 10.6. The first kappa shape index (κ1) is 17.0. The summed E-state index contributed by atoms with van der Waals surface area (Å²) in [5, 5.41) is 1.93. The third kappa shape index (κ3) is 5.79. The van der Waals surface area contributed by atoms with E-state index in [0.29, 0.717) is 38.5 Å². The Balaban J connectivity index is 1.95. The number of ether oxygens (including phenoxy) is 1. The minimum Gasteiger partial charge on any atom is -0.379 e. The molecule has 1 saturated heterocycles. The molecule has 22 heavy (non-hydrogen) atoms. The molecular formula is C16H22N2O3S. The third-order valence-electron chi connectivity index (χ3n) is 3.46. The fraction of sp³-hybridized carbons (Fsp3) is 0.500. The molecule has 0 saturated carbocycles. The van der Waals surface area contributed by atoms with Crippen LogP contribution in [0.15, 0.2) is 30.3 Å². The summed E-state index contributed by atoms with van der Waals surface area (Å²) in [5.41, 5.74) is 4.06. The van der Waals surface area contributed by atoms with E-state index in [1.807, 2.05) is 35.3 Å². The minimum absolute atomic E-state index is 0.0282. The summed E-state index contributed by atoms with van der Waals surface area (Å²) in [6, 6.07) is 9.90. The predicted octanol–water partition coefficient (Wildman–Crippen LogP) is 1.49. The van der Waals surface area contributed by atoms with Crippen molar-refractivity contribution in [3.05, 3.63) is 35.9 Å². The molecule has 120 valence electrons. The van der Waals surface area contributed by atoms with Gasteiger partial charge in [-0.1, -0.05) is 42.1 Å². The highest BCUT2D eigenvalue weighted by molar-refractivity contribution is 8.13.